The van der Waals surface area contributed by atoms with E-state index in [0.29, 0.717) is 17.8 Å². The molecule has 2 rings (SSSR count). The van der Waals surface area contributed by atoms with E-state index in [-0.39, 0.29) is 31.7 Å². The molecule has 45 heavy (non-hydrogen) atoms. The average molecular weight is 871 g/mol. The van der Waals surface area contributed by atoms with Gasteiger partial charge >= 0.3 is 12.2 Å². The van der Waals surface area contributed by atoms with Crippen molar-refractivity contribution < 1.29 is 39.8 Å². The number of anilines is 1. The predicted molar refractivity (Wildman–Crippen MR) is 162 cm³/mol. The number of ether oxygens (including phenoxy) is 2. The summed E-state index contributed by atoms with van der Waals surface area (Å²) in [6.45, 7) is 5.80. The molecule has 0 spiro atoms. The van der Waals surface area contributed by atoms with E-state index in [1.165, 1.54) is 30.7 Å². The van der Waals surface area contributed by atoms with Crippen molar-refractivity contribution >= 4 is 41.8 Å². The van der Waals surface area contributed by atoms with E-state index in [2.05, 4.69) is 27.2 Å². The molecule has 0 aliphatic heterocycles. The molecule has 0 fully saturated rings. The second-order valence-corrected chi connectivity index (χ2v) is 9.26. The third kappa shape index (κ3) is 14.7. The second kappa shape index (κ2) is 20.3. The fraction of sp³-hybridized carbons (Fsp3) is 0.345. The Kier molecular flexibility index (Phi) is 17.3. The number of nitro benzene ring substituents is 1. The van der Waals surface area contributed by atoms with Crippen molar-refractivity contribution in [1.29, 1.82) is 0 Å². The Morgan fingerprint density at radius 1 is 1.09 bits per heavy atom. The number of nitrogens with zero attached hydrogens (tertiary/aromatic N) is 1. The van der Waals surface area contributed by atoms with Crippen molar-refractivity contribution in [2.75, 3.05) is 18.4 Å². The molecule has 0 aliphatic rings. The number of amides is 5. The smallest absolute Gasteiger partial charge is 0.514 e. The number of urea groups is 1. The number of hydrogen-bond donors (Lipinski definition) is 5. The van der Waals surface area contributed by atoms with Crippen LogP contribution in [0.1, 0.15) is 46.7 Å². The van der Waals surface area contributed by atoms with Gasteiger partial charge in [0.2, 0.25) is 11.8 Å². The number of rotatable bonds is 14. The Balaban J connectivity index is 0. The summed E-state index contributed by atoms with van der Waals surface area (Å²) in [6.07, 6.45) is 5.93. The number of nitro groups is 1. The maximum Gasteiger partial charge on any atom is 0.514 e. The summed E-state index contributed by atoms with van der Waals surface area (Å²) in [5, 5.41) is 20.5. The molecule has 0 aliphatic carbocycles. The number of benzene rings is 2. The minimum atomic E-state index is -1.05. The first-order valence-electron chi connectivity index (χ1n) is 13.3. The fourth-order valence-corrected chi connectivity index (χ4v) is 3.32. The third-order valence-electron chi connectivity index (χ3n) is 5.49. The molecule has 0 saturated carbocycles. The topological polar surface area (TPSA) is 221 Å². The van der Waals surface area contributed by atoms with E-state index >= 15 is 0 Å². The Bertz CT molecular complexity index is 1320. The Labute approximate surface area is 255 Å². The number of nitrogens with two attached hydrogens (primary N) is 1. The van der Waals surface area contributed by atoms with Gasteiger partial charge in [-0.2, -0.15) is 6.41 Å². The van der Waals surface area contributed by atoms with Crippen LogP contribution in [0.5, 0.6) is 5.75 Å². The van der Waals surface area contributed by atoms with Gasteiger partial charge in [-0.1, -0.05) is 32.9 Å². The quantitative estimate of drug-likeness (QED) is 0.0358. The van der Waals surface area contributed by atoms with Gasteiger partial charge < -0.3 is 41.3 Å². The van der Waals surface area contributed by atoms with Crippen molar-refractivity contribution in [3.8, 4) is 18.1 Å². The minimum absolute atomic E-state index is 0. The van der Waals surface area contributed by atoms with Crippen molar-refractivity contribution in [2.24, 2.45) is 11.7 Å². The number of carbonyl (C=O) groups is 4. The molecule has 2 atom stereocenters. The molecule has 5 amide bonds. The van der Waals surface area contributed by atoms with Crippen molar-refractivity contribution in [1.82, 2.24) is 16.0 Å². The van der Waals surface area contributed by atoms with E-state index in [1.807, 2.05) is 6.92 Å². The Hall–Kier alpha value is -6.65. The number of terminal acetylenes is 1. The van der Waals surface area contributed by atoms with Gasteiger partial charge in [0.05, 0.1) is 23.9 Å². The number of non-ortho nitro benzene ring substituents is 1. The molecule has 6 N–H and O–H groups in total. The summed E-state index contributed by atoms with van der Waals surface area (Å²) in [6, 6.07) is 9.93. The minimum Gasteiger partial charge on any atom is -0.520 e. The molecule has 250 valence electrons. The maximum absolute atomic E-state index is 12.2. The first-order valence-corrected chi connectivity index (χ1v) is 13.3. The van der Waals surface area contributed by atoms with Gasteiger partial charge in [0.1, 0.15) is 11.9 Å². The Morgan fingerprint density at radius 2 is 1.71 bits per heavy atom. The van der Waals surface area contributed by atoms with E-state index in [1.54, 1.807) is 38.1 Å². The molecular weight excluding hydrogens is 833 g/mol. The summed E-state index contributed by atoms with van der Waals surface area (Å²) < 4.78 is 10.3. The first-order chi connectivity index (χ1) is 20.9. The van der Waals surface area contributed by atoms with Gasteiger partial charge in [0.15, 0.2) is 0 Å². The zero-order valence-electron chi connectivity index (χ0n) is 24.7. The summed E-state index contributed by atoms with van der Waals surface area (Å²) in [7, 11) is 0. The number of carbonyl (C=O) groups excluding carboxylic acids is 5. The molecule has 0 bridgehead atoms. The zero-order chi connectivity index (χ0) is 33.1. The number of hydrogen-bond acceptors (Lipinski definition) is 9. The first kappa shape index (κ1) is 38.4. The summed E-state index contributed by atoms with van der Waals surface area (Å²) >= 11 is 0. The van der Waals surface area contributed by atoms with Crippen LogP contribution >= 0.6 is 0 Å². The summed E-state index contributed by atoms with van der Waals surface area (Å²) in [4.78, 5) is 67.1. The molecule has 2 aromatic carbocycles. The molecule has 15 nitrogen and oxygen atoms in total. The van der Waals surface area contributed by atoms with E-state index < -0.39 is 41.1 Å². The molecule has 0 saturated heterocycles. The van der Waals surface area contributed by atoms with Crippen LogP contribution in [-0.2, 0) is 19.1 Å². The normalized spacial score (nSPS) is 11.0. The zero-order valence-corrected chi connectivity index (χ0v) is 27.1. The molecule has 2 unspecified atom stereocenters. The number of primary amides is 1. The van der Waals surface area contributed by atoms with E-state index in [9.17, 15) is 34.1 Å². The summed E-state index contributed by atoms with van der Waals surface area (Å²) in [5.41, 5.74) is 5.51. The van der Waals surface area contributed by atoms with Crippen LogP contribution < -0.4 is 31.7 Å². The maximum atomic E-state index is 12.2. The number of nitrogens with one attached hydrogen (secondary N) is 4. The van der Waals surface area contributed by atoms with Gasteiger partial charge in [-0.15, -0.1) is 12.3 Å². The standard InChI is InChI=1S/C25H25N4O8.C4H10N2O.Fm.H2/c1-4-5-21(37-25(33)36-20-12-10-19(11-13-20)29(34)35)17-6-8-18(9-7-17)28-22(31)14-26-24(32)23(16(2)3)27-15-30;1-2-3-6-4(5)7;;/h1,6-13,16,21,23H,5,14H2,2-3H3,(H,26,32)(H,27,30)(H,28,31);2-3H2,1H3,(H3,5,6,7);;1H/q-1;;;. The van der Waals surface area contributed by atoms with Crippen LogP contribution in [0.15, 0.2) is 48.5 Å². The molecule has 2 aromatic rings. The van der Waals surface area contributed by atoms with Crippen molar-refractivity contribution in [3.63, 3.8) is 0 Å². The van der Waals surface area contributed by atoms with Crippen molar-refractivity contribution in [2.45, 2.75) is 45.8 Å². The summed E-state index contributed by atoms with van der Waals surface area (Å²) in [5.74, 6) is 1.26. The average Bonchev–Trinajstić information content (AvgIpc) is 2.98. The predicted octanol–water partition coefficient (Wildman–Crippen LogP) is 2.92. The van der Waals surface area contributed by atoms with Gasteiger partial charge in [-0.3, -0.25) is 19.7 Å². The van der Waals surface area contributed by atoms with Crippen LogP contribution in [0.3, 0.4) is 0 Å². The Morgan fingerprint density at radius 3 is 2.18 bits per heavy atom. The van der Waals surface area contributed by atoms with E-state index in [0.717, 1.165) is 6.42 Å². The molecule has 0 heterocycles. The van der Waals surface area contributed by atoms with Gasteiger partial charge in [0.25, 0.3) is 5.69 Å². The van der Waals surface area contributed by atoms with Gasteiger partial charge in [-0.05, 0) is 42.2 Å². The molecule has 16 heteroatoms. The third-order valence-corrected chi connectivity index (χ3v) is 5.49. The molecular formula is C29H37FmN6O9-. The molecule has 0 radical (unpaired) electrons. The van der Waals surface area contributed by atoms with Gasteiger partial charge in [-0.25, -0.2) is 9.59 Å². The van der Waals surface area contributed by atoms with Crippen LogP contribution in [0.2, 0.25) is 0 Å². The van der Waals surface area contributed by atoms with Crippen LogP contribution in [0.25, 0.3) is 0 Å². The van der Waals surface area contributed by atoms with Crippen molar-refractivity contribution in [3.05, 3.63) is 64.2 Å². The fourth-order valence-electron chi connectivity index (χ4n) is 3.32. The van der Waals surface area contributed by atoms with Crippen LogP contribution in [0.4, 0.5) is 21.0 Å². The van der Waals surface area contributed by atoms with Crippen LogP contribution in [-0.4, -0.2) is 54.5 Å². The largest absolute Gasteiger partial charge is 0.520 e. The SMILES string of the molecule is C#CCC(OC(=O)Oc1ccc([N+](=O)[O-])cc1)c1ccc(NC(=O)CNC(=O)C(N[C-]=O)C(C)C)cc1.CCCNC(N)=O.[Fm].[HH]. The van der Waals surface area contributed by atoms with Gasteiger partial charge in [0, 0.05) is 25.8 Å². The monoisotopic (exact) mass is 870 g/mol. The van der Waals surface area contributed by atoms with E-state index in [4.69, 9.17) is 21.6 Å². The second-order valence-electron chi connectivity index (χ2n) is 9.26. The molecule has 0 aromatic heterocycles. The van der Waals surface area contributed by atoms with Crippen LogP contribution in [0, 0.1) is 28.4 Å².